The molecule has 0 aromatic carbocycles. The Morgan fingerprint density at radius 1 is 0.760 bits per heavy atom. The molecule has 0 bridgehead atoms. The Labute approximate surface area is 150 Å². The van der Waals surface area contributed by atoms with Crippen LogP contribution in [0.4, 0.5) is 0 Å². The van der Waals surface area contributed by atoms with Gasteiger partial charge in [-0.05, 0) is 62.3 Å². The molecule has 0 aromatic heterocycles. The van der Waals surface area contributed by atoms with E-state index in [1.807, 2.05) is 0 Å². The summed E-state index contributed by atoms with van der Waals surface area (Å²) in [5.41, 5.74) is 0. The fourth-order valence-corrected chi connectivity index (χ4v) is 7.52. The summed E-state index contributed by atoms with van der Waals surface area (Å²) in [5, 5.41) is 0. The summed E-state index contributed by atoms with van der Waals surface area (Å²) in [6.07, 6.45) is 7.73. The smallest absolute Gasteiger partial charge is 0.147 e. The Balaban J connectivity index is 1.26. The van der Waals surface area contributed by atoms with Crippen molar-refractivity contribution >= 4 is 0 Å². The molecule has 10 unspecified atom stereocenters. The van der Waals surface area contributed by atoms with Crippen molar-refractivity contribution in [2.75, 3.05) is 26.7 Å². The molecule has 0 spiro atoms. The summed E-state index contributed by atoms with van der Waals surface area (Å²) in [5.74, 6) is 3.88. The van der Waals surface area contributed by atoms with E-state index in [-0.39, 0.29) is 0 Å². The minimum Gasteiger partial charge on any atom is -0.349 e. The lowest BCUT2D eigenvalue weighted by Gasteiger charge is -2.59. The van der Waals surface area contributed by atoms with Gasteiger partial charge in [-0.3, -0.25) is 4.90 Å². The number of ether oxygens (including phenoxy) is 4. The molecule has 2 saturated carbocycles. The highest BCUT2D eigenvalue weighted by Crippen LogP contribution is 2.52. The van der Waals surface area contributed by atoms with Crippen LogP contribution in [0, 0.1) is 29.6 Å². The minimum absolute atomic E-state index is 0.349. The number of hydrogen-bond donors (Lipinski definition) is 0. The first kappa shape index (κ1) is 15.8. The zero-order valence-electron chi connectivity index (χ0n) is 15.2. The fourth-order valence-electron chi connectivity index (χ4n) is 7.52. The van der Waals surface area contributed by atoms with Gasteiger partial charge in [0.15, 0.2) is 0 Å². The van der Waals surface area contributed by atoms with Gasteiger partial charge < -0.3 is 18.9 Å². The maximum absolute atomic E-state index is 6.03. The first-order chi connectivity index (χ1) is 12.3. The van der Waals surface area contributed by atoms with Gasteiger partial charge in [-0.2, -0.15) is 0 Å². The Kier molecular flexibility index (Phi) is 3.73. The predicted octanol–water partition coefficient (Wildman–Crippen LogP) is 2.25. The fraction of sp³-hybridized carbons (Fsp3) is 1.00. The Bertz CT molecular complexity index is 530. The van der Waals surface area contributed by atoms with Crippen molar-refractivity contribution < 1.29 is 18.9 Å². The van der Waals surface area contributed by atoms with Crippen molar-refractivity contribution in [3.63, 3.8) is 0 Å². The van der Waals surface area contributed by atoms with Gasteiger partial charge in [0.05, 0.1) is 24.4 Å². The number of fused-ring (bicyclic) bond motifs is 7. The second-order valence-corrected chi connectivity index (χ2v) is 9.42. The monoisotopic (exact) mass is 349 g/mol. The molecule has 4 saturated heterocycles. The topological polar surface area (TPSA) is 40.2 Å². The van der Waals surface area contributed by atoms with Gasteiger partial charge in [0.1, 0.15) is 13.6 Å². The van der Waals surface area contributed by atoms with Gasteiger partial charge >= 0.3 is 0 Å². The summed E-state index contributed by atoms with van der Waals surface area (Å²) in [4.78, 5) is 2.83. The molecule has 25 heavy (non-hydrogen) atoms. The van der Waals surface area contributed by atoms with Gasteiger partial charge in [0.25, 0.3) is 0 Å². The highest BCUT2D eigenvalue weighted by atomic mass is 16.7. The molecule has 140 valence electrons. The predicted molar refractivity (Wildman–Crippen MR) is 90.8 cm³/mol. The van der Waals surface area contributed by atoms with Crippen LogP contribution in [0.15, 0.2) is 0 Å². The van der Waals surface area contributed by atoms with Gasteiger partial charge in [-0.1, -0.05) is 6.92 Å². The van der Waals surface area contributed by atoms with Crippen molar-refractivity contribution in [1.82, 2.24) is 4.90 Å². The van der Waals surface area contributed by atoms with E-state index < -0.39 is 0 Å². The van der Waals surface area contributed by atoms with Crippen LogP contribution in [0.2, 0.25) is 0 Å². The summed E-state index contributed by atoms with van der Waals surface area (Å²) in [7, 11) is 0. The van der Waals surface area contributed by atoms with Crippen LogP contribution in [0.5, 0.6) is 0 Å². The minimum atomic E-state index is 0.349. The zero-order valence-corrected chi connectivity index (χ0v) is 15.2. The van der Waals surface area contributed by atoms with Crippen LogP contribution in [-0.2, 0) is 18.9 Å². The highest BCUT2D eigenvalue weighted by molar-refractivity contribution is 5.06. The van der Waals surface area contributed by atoms with Crippen molar-refractivity contribution in [2.24, 2.45) is 29.6 Å². The molecular formula is C20H31NO4. The second kappa shape index (κ2) is 5.90. The largest absolute Gasteiger partial charge is 0.349 e. The first-order valence-electron chi connectivity index (χ1n) is 10.5. The summed E-state index contributed by atoms with van der Waals surface area (Å²) in [6.45, 7) is 6.05. The lowest BCUT2D eigenvalue weighted by Crippen LogP contribution is -2.64. The van der Waals surface area contributed by atoms with Gasteiger partial charge in [0.2, 0.25) is 0 Å². The van der Waals surface area contributed by atoms with Crippen LogP contribution < -0.4 is 0 Å². The standard InChI is InChI=1S/C20H31NO4/c1-11-13-2-3-16-20(25-10-22-16)15(13)8-21-5-4-12-6-17-18(24-9-23-17)7-14(12)19(11)21/h11-20H,2-10H2,1H3. The molecule has 0 amide bonds. The van der Waals surface area contributed by atoms with E-state index in [4.69, 9.17) is 18.9 Å². The van der Waals surface area contributed by atoms with E-state index in [9.17, 15) is 0 Å². The molecule has 5 heteroatoms. The average Bonchev–Trinajstić information content (AvgIpc) is 3.28. The number of piperidine rings is 2. The van der Waals surface area contributed by atoms with E-state index in [2.05, 4.69) is 11.8 Å². The van der Waals surface area contributed by atoms with E-state index in [1.54, 1.807) is 0 Å². The quantitative estimate of drug-likeness (QED) is 0.671. The normalized spacial score (nSPS) is 58.0. The van der Waals surface area contributed by atoms with E-state index in [0.29, 0.717) is 43.9 Å². The Morgan fingerprint density at radius 2 is 1.56 bits per heavy atom. The summed E-state index contributed by atoms with van der Waals surface area (Å²) >= 11 is 0. The first-order valence-corrected chi connectivity index (χ1v) is 10.5. The van der Waals surface area contributed by atoms with E-state index in [0.717, 1.165) is 29.7 Å². The number of nitrogens with zero attached hydrogens (tertiary/aromatic N) is 1. The maximum atomic E-state index is 6.03. The molecule has 4 heterocycles. The zero-order chi connectivity index (χ0) is 16.5. The van der Waals surface area contributed by atoms with Crippen molar-refractivity contribution in [3.05, 3.63) is 0 Å². The molecule has 2 aliphatic carbocycles. The van der Waals surface area contributed by atoms with Gasteiger partial charge in [-0.25, -0.2) is 0 Å². The molecule has 6 fully saturated rings. The van der Waals surface area contributed by atoms with Crippen LogP contribution in [0.1, 0.15) is 39.0 Å². The maximum Gasteiger partial charge on any atom is 0.147 e. The van der Waals surface area contributed by atoms with Crippen LogP contribution >= 0.6 is 0 Å². The molecule has 6 rings (SSSR count). The highest BCUT2D eigenvalue weighted by Gasteiger charge is 2.56. The van der Waals surface area contributed by atoms with Gasteiger partial charge in [0, 0.05) is 18.5 Å². The lowest BCUT2D eigenvalue weighted by atomic mass is 9.58. The summed E-state index contributed by atoms with van der Waals surface area (Å²) in [6, 6.07) is 0.740. The average molecular weight is 349 g/mol. The summed E-state index contributed by atoms with van der Waals surface area (Å²) < 4.78 is 23.6. The van der Waals surface area contributed by atoms with Crippen LogP contribution in [0.25, 0.3) is 0 Å². The van der Waals surface area contributed by atoms with Crippen LogP contribution in [0.3, 0.4) is 0 Å². The molecule has 5 nitrogen and oxygen atoms in total. The van der Waals surface area contributed by atoms with Crippen LogP contribution in [-0.4, -0.2) is 62.0 Å². The molecule has 4 aliphatic heterocycles. The Hall–Kier alpha value is -0.200. The molecule has 0 aromatic rings. The lowest BCUT2D eigenvalue weighted by molar-refractivity contribution is -0.130. The van der Waals surface area contributed by atoms with Crippen molar-refractivity contribution in [3.8, 4) is 0 Å². The molecular weight excluding hydrogens is 318 g/mol. The van der Waals surface area contributed by atoms with Crippen molar-refractivity contribution in [2.45, 2.75) is 69.5 Å². The molecule has 0 radical (unpaired) electrons. The van der Waals surface area contributed by atoms with Crippen molar-refractivity contribution in [1.29, 1.82) is 0 Å². The second-order valence-electron chi connectivity index (χ2n) is 9.42. The SMILES string of the molecule is CC1C2CCC3OCOC3C2CN2CCC3CC4OCOC4CC3C12. The third kappa shape index (κ3) is 2.32. The van der Waals surface area contributed by atoms with Gasteiger partial charge in [-0.15, -0.1) is 0 Å². The Morgan fingerprint density at radius 3 is 2.48 bits per heavy atom. The third-order valence-electron chi connectivity index (χ3n) is 8.60. The number of rotatable bonds is 0. The van der Waals surface area contributed by atoms with E-state index in [1.165, 1.54) is 45.2 Å². The molecule has 10 atom stereocenters. The van der Waals surface area contributed by atoms with E-state index >= 15 is 0 Å². The molecule has 0 N–H and O–H groups in total. The number of hydrogen-bond acceptors (Lipinski definition) is 5. The molecule has 6 aliphatic rings. The third-order valence-corrected chi connectivity index (χ3v) is 8.60.